The number of hydrogen-bond donors (Lipinski definition) is 0. The largest absolute Gasteiger partial charge is 0.379 e. The van der Waals surface area contributed by atoms with Crippen LogP contribution in [0.2, 0.25) is 0 Å². The van der Waals surface area contributed by atoms with E-state index in [1.165, 1.54) is 0 Å². The van der Waals surface area contributed by atoms with E-state index < -0.39 is 50.2 Å². The van der Waals surface area contributed by atoms with Crippen LogP contribution < -0.4 is 0 Å². The molecule has 6 nitrogen and oxygen atoms in total. The van der Waals surface area contributed by atoms with E-state index in [0.29, 0.717) is 6.07 Å². The Morgan fingerprint density at radius 2 is 1.96 bits per heavy atom. The van der Waals surface area contributed by atoms with E-state index in [2.05, 4.69) is 10.1 Å². The van der Waals surface area contributed by atoms with Gasteiger partial charge in [0.1, 0.15) is 24.3 Å². The SMILES string of the molecule is CCS(=O)(=O)C(F)(F)C(Cn1cncn1)(OC)c1ccc(F)cc1F. The Hall–Kier alpha value is -2.01. The Morgan fingerprint density at radius 1 is 1.28 bits per heavy atom. The Kier molecular flexibility index (Phi) is 5.19. The molecule has 0 saturated heterocycles. The second kappa shape index (κ2) is 6.71. The molecule has 0 aliphatic carbocycles. The molecule has 0 amide bonds. The van der Waals surface area contributed by atoms with E-state index >= 15 is 8.78 Å². The van der Waals surface area contributed by atoms with Gasteiger partial charge in [0.25, 0.3) is 0 Å². The summed E-state index contributed by atoms with van der Waals surface area (Å²) in [4.78, 5) is 3.58. The van der Waals surface area contributed by atoms with Gasteiger partial charge in [-0.15, -0.1) is 0 Å². The van der Waals surface area contributed by atoms with Crippen molar-refractivity contribution in [1.29, 1.82) is 0 Å². The van der Waals surface area contributed by atoms with Crippen LogP contribution in [0.1, 0.15) is 12.5 Å². The van der Waals surface area contributed by atoms with E-state index in [-0.39, 0.29) is 0 Å². The van der Waals surface area contributed by atoms with Crippen molar-refractivity contribution < 1.29 is 30.7 Å². The van der Waals surface area contributed by atoms with Crippen LogP contribution in [0.15, 0.2) is 30.9 Å². The van der Waals surface area contributed by atoms with Crippen LogP contribution in [0.5, 0.6) is 0 Å². The zero-order chi connectivity index (χ0) is 18.9. The Bertz CT molecular complexity index is 843. The molecule has 25 heavy (non-hydrogen) atoms. The average Bonchev–Trinajstić information content (AvgIpc) is 3.05. The van der Waals surface area contributed by atoms with Gasteiger partial charge in [-0.05, 0) is 12.1 Å². The maximum Gasteiger partial charge on any atom is 0.379 e. The number of hydrogen-bond acceptors (Lipinski definition) is 5. The fourth-order valence-electron chi connectivity index (χ4n) is 2.42. The molecule has 0 fully saturated rings. The number of ether oxygens (including phenoxy) is 1. The van der Waals surface area contributed by atoms with Gasteiger partial charge in [0, 0.05) is 18.7 Å². The van der Waals surface area contributed by atoms with Gasteiger partial charge in [0.05, 0.1) is 12.3 Å². The number of sulfone groups is 1. The summed E-state index contributed by atoms with van der Waals surface area (Å²) in [6, 6.07) is 1.84. The topological polar surface area (TPSA) is 74.1 Å². The number of benzene rings is 1. The summed E-state index contributed by atoms with van der Waals surface area (Å²) < 4.78 is 87.4. The predicted molar refractivity (Wildman–Crippen MR) is 79.5 cm³/mol. The van der Waals surface area contributed by atoms with Crippen LogP contribution >= 0.6 is 0 Å². The third-order valence-electron chi connectivity index (χ3n) is 3.81. The molecule has 0 aliphatic rings. The van der Waals surface area contributed by atoms with E-state index in [1.807, 2.05) is 0 Å². The van der Waals surface area contributed by atoms with E-state index in [9.17, 15) is 17.2 Å². The molecule has 0 radical (unpaired) electrons. The minimum Gasteiger partial charge on any atom is -0.364 e. The van der Waals surface area contributed by atoms with Crippen molar-refractivity contribution in [1.82, 2.24) is 14.8 Å². The van der Waals surface area contributed by atoms with Crippen molar-refractivity contribution >= 4 is 9.84 Å². The first-order valence-corrected chi connectivity index (χ1v) is 8.69. The van der Waals surface area contributed by atoms with Gasteiger partial charge in [0.2, 0.25) is 9.84 Å². The average molecular weight is 381 g/mol. The molecule has 2 rings (SSSR count). The predicted octanol–water partition coefficient (Wildman–Crippen LogP) is 2.13. The molecular formula is C14H15F4N3O3S. The van der Waals surface area contributed by atoms with Gasteiger partial charge in [0.15, 0.2) is 5.60 Å². The molecule has 0 aliphatic heterocycles. The highest BCUT2D eigenvalue weighted by Crippen LogP contribution is 2.46. The van der Waals surface area contributed by atoms with Crippen LogP contribution in [-0.2, 0) is 26.7 Å². The van der Waals surface area contributed by atoms with Crippen LogP contribution in [0, 0.1) is 11.6 Å². The summed E-state index contributed by atoms with van der Waals surface area (Å²) in [5.74, 6) is -3.28. The summed E-state index contributed by atoms with van der Waals surface area (Å²) in [7, 11) is -4.21. The van der Waals surface area contributed by atoms with Gasteiger partial charge in [-0.1, -0.05) is 6.92 Å². The Morgan fingerprint density at radius 3 is 2.44 bits per heavy atom. The van der Waals surface area contributed by atoms with E-state index in [0.717, 1.165) is 43.5 Å². The van der Waals surface area contributed by atoms with Crippen molar-refractivity contribution in [2.24, 2.45) is 0 Å². The lowest BCUT2D eigenvalue weighted by Crippen LogP contribution is -2.55. The van der Waals surface area contributed by atoms with Crippen molar-refractivity contribution in [2.45, 2.75) is 24.3 Å². The third kappa shape index (κ3) is 3.13. The maximum atomic E-state index is 15.0. The molecular weight excluding hydrogens is 366 g/mol. The lowest BCUT2D eigenvalue weighted by Gasteiger charge is -2.38. The highest BCUT2D eigenvalue weighted by atomic mass is 32.2. The monoisotopic (exact) mass is 381 g/mol. The zero-order valence-electron chi connectivity index (χ0n) is 13.3. The van der Waals surface area contributed by atoms with Gasteiger partial charge >= 0.3 is 5.25 Å². The van der Waals surface area contributed by atoms with Crippen molar-refractivity contribution in [3.05, 3.63) is 48.1 Å². The molecule has 0 bridgehead atoms. The summed E-state index contributed by atoms with van der Waals surface area (Å²) in [6.45, 7) is 0.165. The Labute approximate surface area is 141 Å². The number of methoxy groups -OCH3 is 1. The first-order chi connectivity index (χ1) is 11.6. The van der Waals surface area contributed by atoms with Gasteiger partial charge < -0.3 is 4.74 Å². The fraction of sp³-hybridized carbons (Fsp3) is 0.429. The highest BCUT2D eigenvalue weighted by molar-refractivity contribution is 7.92. The van der Waals surface area contributed by atoms with Gasteiger partial charge in [-0.3, -0.25) is 0 Å². The molecule has 1 aromatic heterocycles. The molecule has 0 spiro atoms. The molecule has 1 atom stereocenters. The minimum absolute atomic E-state index is 0.374. The minimum atomic E-state index is -5.03. The second-order valence-corrected chi connectivity index (χ2v) is 7.49. The summed E-state index contributed by atoms with van der Waals surface area (Å²) in [5.41, 5.74) is -3.79. The highest BCUT2D eigenvalue weighted by Gasteiger charge is 2.64. The molecule has 1 unspecified atom stereocenters. The van der Waals surface area contributed by atoms with Crippen molar-refractivity contribution in [3.8, 4) is 0 Å². The van der Waals surface area contributed by atoms with E-state index in [1.54, 1.807) is 0 Å². The van der Waals surface area contributed by atoms with Crippen LogP contribution in [0.25, 0.3) is 0 Å². The van der Waals surface area contributed by atoms with Crippen LogP contribution in [-0.4, -0.2) is 41.3 Å². The molecule has 0 N–H and O–H groups in total. The lowest BCUT2D eigenvalue weighted by atomic mass is 9.92. The molecule has 11 heteroatoms. The van der Waals surface area contributed by atoms with E-state index in [4.69, 9.17) is 4.74 Å². The molecule has 0 saturated carbocycles. The third-order valence-corrected chi connectivity index (χ3v) is 5.68. The number of nitrogens with zero attached hydrogens (tertiary/aromatic N) is 3. The van der Waals surface area contributed by atoms with Crippen molar-refractivity contribution in [3.63, 3.8) is 0 Å². The Balaban J connectivity index is 2.78. The number of rotatable bonds is 7. The zero-order valence-corrected chi connectivity index (χ0v) is 14.1. The smallest absolute Gasteiger partial charge is 0.364 e. The standard InChI is InChI=1S/C14H15F4N3O3S/c1-3-25(22,23)14(17,18)13(24-2,7-21-9-19-8-20-21)11-5-4-10(15)6-12(11)16/h4-6,8-9H,3,7H2,1-2H3. The molecule has 1 aromatic carbocycles. The van der Waals surface area contributed by atoms with Crippen molar-refractivity contribution in [2.75, 3.05) is 12.9 Å². The van der Waals surface area contributed by atoms with Crippen LogP contribution in [0.4, 0.5) is 17.6 Å². The molecule has 2 aromatic rings. The first-order valence-electron chi connectivity index (χ1n) is 7.04. The molecule has 138 valence electrons. The summed E-state index contributed by atoms with van der Waals surface area (Å²) in [5, 5.41) is -0.890. The van der Waals surface area contributed by atoms with Crippen LogP contribution in [0.3, 0.4) is 0 Å². The maximum absolute atomic E-state index is 15.0. The molecule has 1 heterocycles. The van der Waals surface area contributed by atoms with Gasteiger partial charge in [-0.2, -0.15) is 13.9 Å². The number of aromatic nitrogens is 3. The van der Waals surface area contributed by atoms with Gasteiger partial charge in [-0.25, -0.2) is 26.9 Å². The normalized spacial score (nSPS) is 15.1. The number of alkyl halides is 2. The quantitative estimate of drug-likeness (QED) is 0.687. The summed E-state index contributed by atoms with van der Waals surface area (Å²) >= 11 is 0. The first kappa shape index (κ1) is 19.3. The summed E-state index contributed by atoms with van der Waals surface area (Å²) in [6.07, 6.45) is 2.08. The fourth-order valence-corrected chi connectivity index (χ4v) is 3.54. The number of halogens is 4. The second-order valence-electron chi connectivity index (χ2n) is 5.17. The lowest BCUT2D eigenvalue weighted by molar-refractivity contribution is -0.166.